The number of rotatable bonds is 7. The van der Waals surface area contributed by atoms with E-state index in [9.17, 15) is 18.0 Å². The molecule has 0 unspecified atom stereocenters. The highest BCUT2D eigenvalue weighted by Gasteiger charge is 2.41. The van der Waals surface area contributed by atoms with Gasteiger partial charge in [0.25, 0.3) is 15.9 Å². The van der Waals surface area contributed by atoms with Crippen molar-refractivity contribution in [2.75, 3.05) is 13.7 Å². The maximum atomic E-state index is 12.5. The Bertz CT molecular complexity index is 1050. The summed E-state index contributed by atoms with van der Waals surface area (Å²) in [6.45, 7) is 3.37. The van der Waals surface area contributed by atoms with Crippen molar-refractivity contribution < 1.29 is 27.5 Å². The molecule has 0 radical (unpaired) electrons. The number of methoxy groups -OCH3 is 1. The smallest absolute Gasteiger partial charge is 0.269 e. The Hall–Kier alpha value is -3.07. The molecule has 154 valence electrons. The summed E-state index contributed by atoms with van der Waals surface area (Å²) >= 11 is 0. The first kappa shape index (κ1) is 20.7. The number of carbonyl (C=O) groups excluding carboxylic acids is 2. The molecule has 1 N–H and O–H groups in total. The van der Waals surface area contributed by atoms with Gasteiger partial charge in [-0.1, -0.05) is 18.2 Å². The second-order valence-corrected chi connectivity index (χ2v) is 8.57. The first-order valence-electron chi connectivity index (χ1n) is 9.00. The van der Waals surface area contributed by atoms with Gasteiger partial charge in [-0.3, -0.25) is 9.59 Å². The fourth-order valence-corrected chi connectivity index (χ4v) is 4.47. The Kier molecular flexibility index (Phi) is 5.78. The molecule has 2 aromatic carbocycles. The minimum atomic E-state index is -4.02. The minimum Gasteiger partial charge on any atom is -0.493 e. The third kappa shape index (κ3) is 4.19. The molecule has 0 saturated heterocycles. The van der Waals surface area contributed by atoms with E-state index in [0.717, 1.165) is 5.56 Å². The van der Waals surface area contributed by atoms with Gasteiger partial charge in [0, 0.05) is 6.54 Å². The van der Waals surface area contributed by atoms with Crippen LogP contribution in [0.15, 0.2) is 47.4 Å². The maximum Gasteiger partial charge on any atom is 0.269 e. The van der Waals surface area contributed by atoms with Crippen molar-refractivity contribution in [3.05, 3.63) is 53.6 Å². The molecule has 0 bridgehead atoms. The van der Waals surface area contributed by atoms with Gasteiger partial charge >= 0.3 is 0 Å². The number of hydrogen-bond acceptors (Lipinski definition) is 6. The molecule has 1 heterocycles. The minimum absolute atomic E-state index is 0.0153. The molecule has 2 amide bonds. The summed E-state index contributed by atoms with van der Waals surface area (Å²) in [7, 11) is -2.49. The summed E-state index contributed by atoms with van der Waals surface area (Å²) in [4.78, 5) is 24.6. The van der Waals surface area contributed by atoms with Crippen LogP contribution in [0.2, 0.25) is 0 Å². The second kappa shape index (κ2) is 8.12. The Morgan fingerprint density at radius 2 is 1.86 bits per heavy atom. The lowest BCUT2D eigenvalue weighted by Gasteiger charge is -2.16. The Morgan fingerprint density at radius 1 is 1.14 bits per heavy atom. The van der Waals surface area contributed by atoms with Crippen LogP contribution in [0.3, 0.4) is 0 Å². The van der Waals surface area contributed by atoms with Gasteiger partial charge in [0.15, 0.2) is 11.5 Å². The molecule has 0 fully saturated rings. The fourth-order valence-electron chi connectivity index (χ4n) is 2.95. The van der Waals surface area contributed by atoms with Gasteiger partial charge < -0.3 is 14.8 Å². The van der Waals surface area contributed by atoms with E-state index in [2.05, 4.69) is 5.32 Å². The lowest BCUT2D eigenvalue weighted by molar-refractivity contribution is -0.121. The highest BCUT2D eigenvalue weighted by Crippen LogP contribution is 2.30. The second-order valence-electron chi connectivity index (χ2n) is 6.74. The highest BCUT2D eigenvalue weighted by molar-refractivity contribution is 7.90. The molecule has 29 heavy (non-hydrogen) atoms. The standard InChI is InChI=1S/C20H22N2O6S/c1-13(2)28-16-9-8-14(10-17(16)27-3)11-21-19(23)12-22-20(24)15-6-4-5-7-18(15)29(22,25)26/h4-10,13H,11-12H2,1-3H3,(H,21,23). The average Bonchev–Trinajstić information content (AvgIpc) is 2.88. The van der Waals surface area contributed by atoms with Crippen LogP contribution < -0.4 is 14.8 Å². The number of hydrogen-bond donors (Lipinski definition) is 1. The number of nitrogens with one attached hydrogen (secondary N) is 1. The zero-order valence-electron chi connectivity index (χ0n) is 16.3. The van der Waals surface area contributed by atoms with Crippen LogP contribution in [-0.2, 0) is 21.4 Å². The SMILES string of the molecule is COc1cc(CNC(=O)CN2C(=O)c3ccccc3S2(=O)=O)ccc1OC(C)C. The van der Waals surface area contributed by atoms with Crippen LogP contribution in [0.4, 0.5) is 0 Å². The van der Waals surface area contributed by atoms with Gasteiger partial charge in [-0.25, -0.2) is 12.7 Å². The van der Waals surface area contributed by atoms with Crippen LogP contribution in [0.25, 0.3) is 0 Å². The summed E-state index contributed by atoms with van der Waals surface area (Å²) in [5.74, 6) is -0.175. The lowest BCUT2D eigenvalue weighted by Crippen LogP contribution is -2.40. The Labute approximate surface area is 169 Å². The lowest BCUT2D eigenvalue weighted by atomic mass is 10.2. The van der Waals surface area contributed by atoms with Crippen molar-refractivity contribution in [1.29, 1.82) is 0 Å². The molecule has 1 aliphatic heterocycles. The van der Waals surface area contributed by atoms with Crippen molar-refractivity contribution in [2.24, 2.45) is 0 Å². The summed E-state index contributed by atoms with van der Waals surface area (Å²) in [5, 5.41) is 2.63. The first-order valence-corrected chi connectivity index (χ1v) is 10.4. The van der Waals surface area contributed by atoms with E-state index in [1.165, 1.54) is 25.3 Å². The van der Waals surface area contributed by atoms with Gasteiger partial charge in [-0.15, -0.1) is 0 Å². The predicted molar refractivity (Wildman–Crippen MR) is 105 cm³/mol. The molecule has 1 aliphatic rings. The summed E-state index contributed by atoms with van der Waals surface area (Å²) in [6.07, 6.45) is -0.0153. The number of sulfonamides is 1. The summed E-state index contributed by atoms with van der Waals surface area (Å²) < 4.78 is 36.6. The molecule has 0 saturated carbocycles. The largest absolute Gasteiger partial charge is 0.493 e. The Balaban J connectivity index is 1.66. The van der Waals surface area contributed by atoms with E-state index in [-0.39, 0.29) is 23.1 Å². The third-order valence-electron chi connectivity index (χ3n) is 4.28. The molecule has 0 aromatic heterocycles. The maximum absolute atomic E-state index is 12.5. The van der Waals surface area contributed by atoms with Crippen LogP contribution in [0, 0.1) is 0 Å². The van der Waals surface area contributed by atoms with Gasteiger partial charge in [0.05, 0.1) is 18.8 Å². The normalized spacial score (nSPS) is 14.6. The van der Waals surface area contributed by atoms with Gasteiger partial charge in [0.1, 0.15) is 11.4 Å². The monoisotopic (exact) mass is 418 g/mol. The fraction of sp³-hybridized carbons (Fsp3) is 0.300. The zero-order chi connectivity index (χ0) is 21.2. The van der Waals surface area contributed by atoms with E-state index in [4.69, 9.17) is 9.47 Å². The molecule has 0 aliphatic carbocycles. The van der Waals surface area contributed by atoms with E-state index < -0.39 is 28.4 Å². The molecule has 0 atom stereocenters. The highest BCUT2D eigenvalue weighted by atomic mass is 32.2. The number of amides is 2. The molecule has 8 nitrogen and oxygen atoms in total. The number of fused-ring (bicyclic) bond motifs is 1. The molecule has 2 aromatic rings. The van der Waals surface area contributed by atoms with Crippen molar-refractivity contribution in [1.82, 2.24) is 9.62 Å². The quantitative estimate of drug-likeness (QED) is 0.737. The zero-order valence-corrected chi connectivity index (χ0v) is 17.2. The van der Waals surface area contributed by atoms with Crippen LogP contribution >= 0.6 is 0 Å². The molecule has 9 heteroatoms. The molecular formula is C20H22N2O6S. The predicted octanol–water partition coefficient (Wildman–Crippen LogP) is 1.94. The molecule has 0 spiro atoms. The summed E-state index contributed by atoms with van der Waals surface area (Å²) in [5.41, 5.74) is 0.816. The van der Waals surface area contributed by atoms with Gasteiger partial charge in [-0.2, -0.15) is 0 Å². The number of ether oxygens (including phenoxy) is 2. The van der Waals surface area contributed by atoms with Crippen molar-refractivity contribution in [3.63, 3.8) is 0 Å². The Morgan fingerprint density at radius 3 is 2.52 bits per heavy atom. The third-order valence-corrected chi connectivity index (χ3v) is 6.07. The van der Waals surface area contributed by atoms with Gasteiger partial charge in [0.2, 0.25) is 5.91 Å². The van der Waals surface area contributed by atoms with Crippen molar-refractivity contribution >= 4 is 21.8 Å². The molecule has 3 rings (SSSR count). The number of benzene rings is 2. The number of carbonyl (C=O) groups is 2. The number of nitrogens with zero attached hydrogens (tertiary/aromatic N) is 1. The van der Waals surface area contributed by atoms with Crippen molar-refractivity contribution in [3.8, 4) is 11.5 Å². The van der Waals surface area contributed by atoms with Gasteiger partial charge in [-0.05, 0) is 43.7 Å². The van der Waals surface area contributed by atoms with Crippen LogP contribution in [0.1, 0.15) is 29.8 Å². The van der Waals surface area contributed by atoms with Crippen molar-refractivity contribution in [2.45, 2.75) is 31.4 Å². The molecular weight excluding hydrogens is 396 g/mol. The summed E-state index contributed by atoms with van der Waals surface area (Å²) in [6, 6.07) is 11.1. The van der Waals surface area contributed by atoms with E-state index in [0.29, 0.717) is 15.8 Å². The van der Waals surface area contributed by atoms with Crippen LogP contribution in [0.5, 0.6) is 11.5 Å². The first-order chi connectivity index (χ1) is 13.7. The van der Waals surface area contributed by atoms with E-state index in [1.807, 2.05) is 13.8 Å². The topological polar surface area (TPSA) is 102 Å². The van der Waals surface area contributed by atoms with E-state index >= 15 is 0 Å². The van der Waals surface area contributed by atoms with Crippen LogP contribution in [-0.4, -0.2) is 44.3 Å². The average molecular weight is 418 g/mol. The van der Waals surface area contributed by atoms with E-state index in [1.54, 1.807) is 24.3 Å².